The summed E-state index contributed by atoms with van der Waals surface area (Å²) in [6.07, 6.45) is 0. The molecule has 6 aromatic rings. The minimum atomic E-state index is -0.433. The van der Waals surface area contributed by atoms with Gasteiger partial charge in [0.05, 0.1) is 5.41 Å². The number of rotatable bonds is 7. The Kier molecular flexibility index (Phi) is 6.70. The van der Waals surface area contributed by atoms with Crippen molar-refractivity contribution in [2.24, 2.45) is 0 Å². The van der Waals surface area contributed by atoms with E-state index >= 15 is 0 Å². The van der Waals surface area contributed by atoms with Crippen LogP contribution in [0.15, 0.2) is 176 Å². The molecule has 0 atom stereocenters. The minimum Gasteiger partial charge on any atom is -0.0622 e. The average Bonchev–Trinajstić information content (AvgIpc) is 3.01. The molecular formula is C38H30. The molecule has 0 N–H and O–H groups in total. The van der Waals surface area contributed by atoms with Gasteiger partial charge in [0.25, 0.3) is 0 Å². The van der Waals surface area contributed by atoms with E-state index in [1.807, 2.05) is 0 Å². The molecule has 0 spiro atoms. The summed E-state index contributed by atoms with van der Waals surface area (Å²) >= 11 is 0. The van der Waals surface area contributed by atoms with E-state index in [-0.39, 0.29) is 5.92 Å². The van der Waals surface area contributed by atoms with Gasteiger partial charge in [0.15, 0.2) is 0 Å². The molecule has 0 radical (unpaired) electrons. The Hall–Kier alpha value is -4.68. The number of benzene rings is 6. The van der Waals surface area contributed by atoms with Gasteiger partial charge >= 0.3 is 0 Å². The lowest BCUT2D eigenvalue weighted by Crippen LogP contribution is -2.31. The normalized spacial score (nSPS) is 11.4. The smallest absolute Gasteiger partial charge is 0.0622 e. The van der Waals surface area contributed by atoms with E-state index < -0.39 is 5.41 Å². The van der Waals surface area contributed by atoms with Crippen LogP contribution in [0.1, 0.15) is 44.9 Å². The van der Waals surface area contributed by atoms with Gasteiger partial charge in [0.2, 0.25) is 0 Å². The summed E-state index contributed by atoms with van der Waals surface area (Å²) in [7, 11) is 0. The predicted octanol–water partition coefficient (Wildman–Crippen LogP) is 9.25. The summed E-state index contributed by atoms with van der Waals surface area (Å²) in [5.41, 5.74) is 8.48. The van der Waals surface area contributed by atoms with E-state index in [1.165, 1.54) is 38.9 Å². The predicted molar refractivity (Wildman–Crippen MR) is 159 cm³/mol. The standard InChI is InChI=1S/C38H30/c1-6-16-30(17-7-1)37(31-18-8-2-9-19-31)32-26-28-36(29-27-32)38(33-20-10-3-11-21-33,34-22-12-4-13-23-34)35-24-14-5-15-25-35/h1-29,37H. The van der Waals surface area contributed by atoms with Crippen LogP contribution in [0.5, 0.6) is 0 Å². The topological polar surface area (TPSA) is 0 Å². The molecule has 0 aromatic heterocycles. The summed E-state index contributed by atoms with van der Waals surface area (Å²) in [5, 5.41) is 0. The van der Waals surface area contributed by atoms with Gasteiger partial charge in [-0.1, -0.05) is 176 Å². The molecular weight excluding hydrogens is 456 g/mol. The Morgan fingerprint density at radius 2 is 0.526 bits per heavy atom. The Morgan fingerprint density at radius 1 is 0.263 bits per heavy atom. The van der Waals surface area contributed by atoms with Crippen LogP contribution in [-0.4, -0.2) is 0 Å². The maximum atomic E-state index is 2.33. The summed E-state index contributed by atoms with van der Waals surface area (Å²) in [4.78, 5) is 0. The first kappa shape index (κ1) is 23.7. The quantitative estimate of drug-likeness (QED) is 0.197. The zero-order valence-electron chi connectivity index (χ0n) is 21.3. The lowest BCUT2D eigenvalue weighted by Gasteiger charge is -2.37. The van der Waals surface area contributed by atoms with Gasteiger partial charge in [-0.25, -0.2) is 0 Å². The molecule has 0 nitrogen and oxygen atoms in total. The zero-order valence-corrected chi connectivity index (χ0v) is 21.3. The van der Waals surface area contributed by atoms with Gasteiger partial charge in [0, 0.05) is 5.92 Å². The van der Waals surface area contributed by atoms with Gasteiger partial charge in [-0.2, -0.15) is 0 Å². The van der Waals surface area contributed by atoms with Crippen molar-refractivity contribution in [2.45, 2.75) is 11.3 Å². The molecule has 6 aromatic carbocycles. The lowest BCUT2D eigenvalue weighted by atomic mass is 9.65. The second-order valence-electron chi connectivity index (χ2n) is 9.72. The van der Waals surface area contributed by atoms with E-state index in [1.54, 1.807) is 0 Å². The molecule has 0 heteroatoms. The van der Waals surface area contributed by atoms with Crippen LogP contribution in [0.3, 0.4) is 0 Å². The fourth-order valence-electron chi connectivity index (χ4n) is 5.86. The summed E-state index contributed by atoms with van der Waals surface area (Å²) < 4.78 is 0. The molecule has 0 bridgehead atoms. The van der Waals surface area contributed by atoms with Gasteiger partial charge in [0.1, 0.15) is 0 Å². The molecule has 0 saturated carbocycles. The highest BCUT2D eigenvalue weighted by Crippen LogP contribution is 2.45. The largest absolute Gasteiger partial charge is 0.0701 e. The number of hydrogen-bond acceptors (Lipinski definition) is 0. The molecule has 6 rings (SSSR count). The molecule has 0 aliphatic carbocycles. The van der Waals surface area contributed by atoms with Crippen LogP contribution in [0.4, 0.5) is 0 Å². The third-order valence-electron chi connectivity index (χ3n) is 7.56. The Balaban J connectivity index is 1.56. The second-order valence-corrected chi connectivity index (χ2v) is 9.72. The summed E-state index contributed by atoms with van der Waals surface area (Å²) in [5.74, 6) is 0.172. The van der Waals surface area contributed by atoms with Crippen LogP contribution in [0, 0.1) is 0 Å². The molecule has 0 aliphatic heterocycles. The highest BCUT2D eigenvalue weighted by molar-refractivity contribution is 5.60. The van der Waals surface area contributed by atoms with Crippen molar-refractivity contribution >= 4 is 0 Å². The van der Waals surface area contributed by atoms with Crippen LogP contribution in [0.25, 0.3) is 0 Å². The SMILES string of the molecule is c1ccc(C(c2ccccc2)c2ccc(C(c3ccccc3)(c3ccccc3)c3ccccc3)cc2)cc1. The molecule has 0 saturated heterocycles. The van der Waals surface area contributed by atoms with Crippen LogP contribution < -0.4 is 0 Å². The Bertz CT molecular complexity index is 1420. The van der Waals surface area contributed by atoms with Crippen LogP contribution >= 0.6 is 0 Å². The summed E-state index contributed by atoms with van der Waals surface area (Å²) in [6, 6.07) is 63.6. The fraction of sp³-hybridized carbons (Fsp3) is 0.0526. The van der Waals surface area contributed by atoms with E-state index in [9.17, 15) is 0 Å². The van der Waals surface area contributed by atoms with Gasteiger partial charge in [-0.3, -0.25) is 0 Å². The van der Waals surface area contributed by atoms with Crippen LogP contribution in [0.2, 0.25) is 0 Å². The van der Waals surface area contributed by atoms with Crippen molar-refractivity contribution in [3.63, 3.8) is 0 Å². The second kappa shape index (κ2) is 10.7. The van der Waals surface area contributed by atoms with E-state index in [0.29, 0.717) is 0 Å². The first-order valence-electron chi connectivity index (χ1n) is 13.2. The third kappa shape index (κ3) is 4.35. The van der Waals surface area contributed by atoms with Crippen molar-refractivity contribution in [3.8, 4) is 0 Å². The van der Waals surface area contributed by atoms with Crippen molar-refractivity contribution in [1.82, 2.24) is 0 Å². The maximum Gasteiger partial charge on any atom is 0.0701 e. The molecule has 0 amide bonds. The van der Waals surface area contributed by atoms with Crippen molar-refractivity contribution in [3.05, 3.63) is 215 Å². The monoisotopic (exact) mass is 486 g/mol. The lowest BCUT2D eigenvalue weighted by molar-refractivity contribution is 0.744. The molecule has 38 heavy (non-hydrogen) atoms. The Labute approximate surface area is 225 Å². The van der Waals surface area contributed by atoms with Gasteiger partial charge in [-0.15, -0.1) is 0 Å². The first-order chi connectivity index (χ1) is 18.9. The highest BCUT2D eigenvalue weighted by atomic mass is 14.4. The summed E-state index contributed by atoms with van der Waals surface area (Å²) in [6.45, 7) is 0. The number of hydrogen-bond donors (Lipinski definition) is 0. The molecule has 0 fully saturated rings. The molecule has 0 aliphatic rings. The molecule has 0 heterocycles. The minimum absolute atomic E-state index is 0.172. The van der Waals surface area contributed by atoms with Gasteiger partial charge < -0.3 is 0 Å². The van der Waals surface area contributed by atoms with Crippen molar-refractivity contribution in [1.29, 1.82) is 0 Å². The van der Waals surface area contributed by atoms with Crippen molar-refractivity contribution < 1.29 is 0 Å². The molecule has 0 unspecified atom stereocenters. The van der Waals surface area contributed by atoms with E-state index in [2.05, 4.69) is 176 Å². The molecule has 182 valence electrons. The third-order valence-corrected chi connectivity index (χ3v) is 7.56. The Morgan fingerprint density at radius 3 is 0.868 bits per heavy atom. The van der Waals surface area contributed by atoms with E-state index in [0.717, 1.165) is 0 Å². The van der Waals surface area contributed by atoms with Crippen molar-refractivity contribution in [2.75, 3.05) is 0 Å². The highest BCUT2D eigenvalue weighted by Gasteiger charge is 2.38. The van der Waals surface area contributed by atoms with Crippen LogP contribution in [-0.2, 0) is 5.41 Å². The average molecular weight is 487 g/mol. The van der Waals surface area contributed by atoms with E-state index in [4.69, 9.17) is 0 Å². The first-order valence-corrected chi connectivity index (χ1v) is 13.2. The fourth-order valence-corrected chi connectivity index (χ4v) is 5.86. The van der Waals surface area contributed by atoms with Gasteiger partial charge in [-0.05, 0) is 38.9 Å². The maximum absolute atomic E-state index is 2.33. The zero-order chi connectivity index (χ0) is 25.6.